The van der Waals surface area contributed by atoms with Crippen molar-refractivity contribution in [3.63, 3.8) is 0 Å². The maximum absolute atomic E-state index is 12.4. The Balaban J connectivity index is 1.32. The van der Waals surface area contributed by atoms with Crippen LogP contribution < -0.4 is 10.2 Å². The molecule has 0 aromatic carbocycles. The van der Waals surface area contributed by atoms with Gasteiger partial charge in [-0.25, -0.2) is 4.98 Å². The summed E-state index contributed by atoms with van der Waals surface area (Å²) < 4.78 is 0. The number of nitrogens with zero attached hydrogens (tertiary/aromatic N) is 3. The molecule has 1 N–H and O–H groups in total. The van der Waals surface area contributed by atoms with Crippen LogP contribution in [0.1, 0.15) is 61.7 Å². The Morgan fingerprint density at radius 3 is 2.81 bits per heavy atom. The minimum absolute atomic E-state index is 0.0102. The van der Waals surface area contributed by atoms with Crippen LogP contribution in [0.4, 0.5) is 5.82 Å². The van der Waals surface area contributed by atoms with Crippen molar-refractivity contribution in [2.45, 2.75) is 63.5 Å². The molecule has 27 heavy (non-hydrogen) atoms. The van der Waals surface area contributed by atoms with Crippen molar-refractivity contribution < 1.29 is 9.59 Å². The maximum Gasteiger partial charge on any atom is 0.251 e. The molecular weight excluding hydrogens is 340 g/mol. The molecule has 0 radical (unpaired) electrons. The Morgan fingerprint density at radius 2 is 2.04 bits per heavy atom. The van der Waals surface area contributed by atoms with Gasteiger partial charge in [-0.1, -0.05) is 0 Å². The van der Waals surface area contributed by atoms with Gasteiger partial charge >= 0.3 is 0 Å². The summed E-state index contributed by atoms with van der Waals surface area (Å²) in [7, 11) is 0. The molecule has 2 saturated heterocycles. The van der Waals surface area contributed by atoms with Gasteiger partial charge in [-0.3, -0.25) is 9.59 Å². The summed E-state index contributed by atoms with van der Waals surface area (Å²) in [5.74, 6) is 1.25. The topological polar surface area (TPSA) is 65.5 Å². The summed E-state index contributed by atoms with van der Waals surface area (Å²) in [4.78, 5) is 33.8. The summed E-state index contributed by atoms with van der Waals surface area (Å²) in [6.07, 6.45) is 10.2. The third-order valence-electron chi connectivity index (χ3n) is 6.59. The lowest BCUT2D eigenvalue weighted by atomic mass is 9.73. The first-order valence-electron chi connectivity index (χ1n) is 10.4. The number of pyridine rings is 1. The highest BCUT2D eigenvalue weighted by Gasteiger charge is 2.45. The average Bonchev–Trinajstić information content (AvgIpc) is 3.59. The molecule has 2 aliphatic carbocycles. The van der Waals surface area contributed by atoms with Crippen LogP contribution in [0.25, 0.3) is 0 Å². The molecular formula is C21H28N4O2. The highest BCUT2D eigenvalue weighted by Crippen LogP contribution is 2.43. The highest BCUT2D eigenvalue weighted by molar-refractivity contribution is 5.95. The lowest BCUT2D eigenvalue weighted by molar-refractivity contribution is -0.138. The molecule has 2 aliphatic heterocycles. The molecule has 4 aliphatic rings. The van der Waals surface area contributed by atoms with E-state index in [-0.39, 0.29) is 11.3 Å². The van der Waals surface area contributed by atoms with Crippen LogP contribution in [-0.2, 0) is 4.79 Å². The van der Waals surface area contributed by atoms with E-state index in [1.165, 1.54) is 19.3 Å². The number of anilines is 1. The smallest absolute Gasteiger partial charge is 0.251 e. The molecule has 6 nitrogen and oxygen atoms in total. The van der Waals surface area contributed by atoms with Crippen molar-refractivity contribution in [1.82, 2.24) is 15.2 Å². The van der Waals surface area contributed by atoms with Crippen molar-refractivity contribution >= 4 is 17.6 Å². The van der Waals surface area contributed by atoms with Gasteiger partial charge in [0.05, 0.1) is 0 Å². The summed E-state index contributed by atoms with van der Waals surface area (Å²) in [6.45, 7) is 2.80. The molecule has 2 saturated carbocycles. The van der Waals surface area contributed by atoms with Gasteiger partial charge in [0.15, 0.2) is 0 Å². The van der Waals surface area contributed by atoms with Gasteiger partial charge in [0.25, 0.3) is 5.91 Å². The molecule has 0 unspecified atom stereocenters. The molecule has 5 rings (SSSR count). The van der Waals surface area contributed by atoms with Crippen LogP contribution in [0.15, 0.2) is 18.3 Å². The Bertz CT molecular complexity index is 758. The number of amides is 2. The van der Waals surface area contributed by atoms with E-state index in [0.29, 0.717) is 30.0 Å². The zero-order valence-electron chi connectivity index (χ0n) is 15.8. The molecule has 0 bridgehead atoms. The largest absolute Gasteiger partial charge is 0.356 e. The molecule has 6 heteroatoms. The summed E-state index contributed by atoms with van der Waals surface area (Å²) in [6, 6.07) is 4.59. The fourth-order valence-corrected chi connectivity index (χ4v) is 4.73. The SMILES string of the molecule is O=C(NC1CC1)c1ccnc(N2CCC[C@@]3(CCC(=O)N(C4CC4)C3)C2)c1. The number of rotatable bonds is 4. The first-order chi connectivity index (χ1) is 13.1. The molecule has 2 amide bonds. The lowest BCUT2D eigenvalue weighted by Gasteiger charge is -2.48. The lowest BCUT2D eigenvalue weighted by Crippen LogP contribution is -2.54. The summed E-state index contributed by atoms with van der Waals surface area (Å²) in [5.41, 5.74) is 0.882. The van der Waals surface area contributed by atoms with Crippen LogP contribution in [0.2, 0.25) is 0 Å². The number of aromatic nitrogens is 1. The summed E-state index contributed by atoms with van der Waals surface area (Å²) >= 11 is 0. The quantitative estimate of drug-likeness (QED) is 0.886. The number of hydrogen-bond acceptors (Lipinski definition) is 4. The van der Waals surface area contributed by atoms with E-state index in [4.69, 9.17) is 0 Å². The maximum atomic E-state index is 12.4. The standard InChI is InChI=1S/C21H28N4O2/c26-19-6-9-21(14-25(19)17-4-5-17)8-1-11-24(13-21)18-12-15(7-10-22-18)20(27)23-16-2-3-16/h7,10,12,16-17H,1-6,8-9,11,13-14H2,(H,23,27)/t21-/m1/s1. The first-order valence-corrected chi connectivity index (χ1v) is 10.4. The van der Waals surface area contributed by atoms with E-state index >= 15 is 0 Å². The molecule has 144 valence electrons. The third-order valence-corrected chi connectivity index (χ3v) is 6.59. The second-order valence-corrected chi connectivity index (χ2v) is 8.93. The second-order valence-electron chi connectivity index (χ2n) is 8.93. The molecule has 3 heterocycles. The number of hydrogen-bond donors (Lipinski definition) is 1. The zero-order valence-corrected chi connectivity index (χ0v) is 15.8. The van der Waals surface area contributed by atoms with Crippen molar-refractivity contribution in [3.05, 3.63) is 23.9 Å². The number of carbonyl (C=O) groups is 2. The Hall–Kier alpha value is -2.11. The predicted octanol–water partition coefficient (Wildman–Crippen LogP) is 2.35. The number of likely N-dealkylation sites (tertiary alicyclic amines) is 1. The predicted molar refractivity (Wildman–Crippen MR) is 103 cm³/mol. The van der Waals surface area contributed by atoms with E-state index in [1.54, 1.807) is 12.3 Å². The number of nitrogens with one attached hydrogen (secondary N) is 1. The van der Waals surface area contributed by atoms with E-state index in [2.05, 4.69) is 20.1 Å². The third kappa shape index (κ3) is 3.54. The van der Waals surface area contributed by atoms with Gasteiger partial charge in [0.2, 0.25) is 5.91 Å². The average molecular weight is 368 g/mol. The van der Waals surface area contributed by atoms with Crippen molar-refractivity contribution in [2.75, 3.05) is 24.5 Å². The van der Waals surface area contributed by atoms with Crippen LogP contribution in [-0.4, -0.2) is 53.4 Å². The van der Waals surface area contributed by atoms with Crippen LogP contribution >= 0.6 is 0 Å². The van der Waals surface area contributed by atoms with Crippen LogP contribution in [0.5, 0.6) is 0 Å². The van der Waals surface area contributed by atoms with Gasteiger partial charge < -0.3 is 15.1 Å². The fourth-order valence-electron chi connectivity index (χ4n) is 4.73. The molecule has 4 fully saturated rings. The first kappa shape index (κ1) is 17.0. The molecule has 1 aromatic rings. The minimum Gasteiger partial charge on any atom is -0.356 e. The van der Waals surface area contributed by atoms with Gasteiger partial charge in [0.1, 0.15) is 5.82 Å². The van der Waals surface area contributed by atoms with Crippen molar-refractivity contribution in [1.29, 1.82) is 0 Å². The molecule has 1 spiro atoms. The van der Waals surface area contributed by atoms with Gasteiger partial charge in [-0.2, -0.15) is 0 Å². The fraction of sp³-hybridized carbons (Fsp3) is 0.667. The molecule has 1 aromatic heterocycles. The Morgan fingerprint density at radius 1 is 1.19 bits per heavy atom. The summed E-state index contributed by atoms with van der Waals surface area (Å²) in [5, 5.41) is 3.06. The van der Waals surface area contributed by atoms with E-state index in [0.717, 1.165) is 51.1 Å². The molecule has 1 atom stereocenters. The van der Waals surface area contributed by atoms with Crippen molar-refractivity contribution in [2.24, 2.45) is 5.41 Å². The van der Waals surface area contributed by atoms with Crippen LogP contribution in [0.3, 0.4) is 0 Å². The van der Waals surface area contributed by atoms with E-state index in [1.807, 2.05) is 6.07 Å². The zero-order chi connectivity index (χ0) is 18.4. The number of carbonyl (C=O) groups excluding carboxylic acids is 2. The highest BCUT2D eigenvalue weighted by atomic mass is 16.2. The van der Waals surface area contributed by atoms with Gasteiger partial charge in [-0.05, 0) is 57.1 Å². The van der Waals surface area contributed by atoms with E-state index in [9.17, 15) is 9.59 Å². The second kappa shape index (κ2) is 6.50. The van der Waals surface area contributed by atoms with Crippen molar-refractivity contribution in [3.8, 4) is 0 Å². The Labute approximate surface area is 160 Å². The monoisotopic (exact) mass is 368 g/mol. The minimum atomic E-state index is 0.0102. The number of piperidine rings is 2. The van der Waals surface area contributed by atoms with Gasteiger partial charge in [0, 0.05) is 55.3 Å². The normalized spacial score (nSPS) is 28.5. The Kier molecular flexibility index (Phi) is 4.10. The van der Waals surface area contributed by atoms with Gasteiger partial charge in [-0.15, -0.1) is 0 Å². The van der Waals surface area contributed by atoms with Crippen LogP contribution in [0, 0.1) is 5.41 Å². The van der Waals surface area contributed by atoms with E-state index < -0.39 is 0 Å².